The fourth-order valence-corrected chi connectivity index (χ4v) is 5.01. The van der Waals surface area contributed by atoms with Gasteiger partial charge in [-0.3, -0.25) is 0 Å². The second kappa shape index (κ2) is 10.2. The van der Waals surface area contributed by atoms with Crippen LogP contribution in [0.5, 0.6) is 0 Å². The van der Waals surface area contributed by atoms with E-state index in [1.54, 1.807) is 0 Å². The normalized spacial score (nSPS) is 11.7. The van der Waals surface area contributed by atoms with Crippen LogP contribution in [0.25, 0.3) is 44.3 Å². The molecule has 1 N–H and O–H groups in total. The first kappa shape index (κ1) is 30.3. The van der Waals surface area contributed by atoms with Gasteiger partial charge >= 0.3 is 0 Å². The summed E-state index contributed by atoms with van der Waals surface area (Å²) >= 11 is 2.55. The number of hydrogen-bond acceptors (Lipinski definition) is 0. The first-order chi connectivity index (χ1) is 20.0. The smallest absolute Gasteiger partial charge is 0.200 e. The first-order valence-corrected chi connectivity index (χ1v) is 11.6. The molecule has 0 spiro atoms. The van der Waals surface area contributed by atoms with Crippen LogP contribution >= 0.6 is 15.9 Å². The van der Waals surface area contributed by atoms with E-state index in [0.29, 0.717) is 6.07 Å². The van der Waals surface area contributed by atoms with Gasteiger partial charge in [0.2, 0.25) is 17.5 Å². The van der Waals surface area contributed by atoms with Gasteiger partial charge in [-0.25, -0.2) is 65.9 Å². The van der Waals surface area contributed by atoms with Crippen LogP contribution in [-0.4, -0.2) is 4.98 Å². The van der Waals surface area contributed by atoms with Crippen molar-refractivity contribution in [3.8, 4) is 33.4 Å². The second-order valence-electron chi connectivity index (χ2n) is 8.50. The van der Waals surface area contributed by atoms with Gasteiger partial charge in [0.1, 0.15) is 0 Å². The fraction of sp³-hybridized carbons (Fsp3) is 0. The van der Waals surface area contributed by atoms with E-state index in [-0.39, 0.29) is 0 Å². The lowest BCUT2D eigenvalue weighted by atomic mass is 9.90. The minimum Gasteiger partial charge on any atom is -0.353 e. The Labute approximate surface area is 235 Å². The van der Waals surface area contributed by atoms with Crippen LogP contribution in [0.3, 0.4) is 0 Å². The lowest BCUT2D eigenvalue weighted by molar-refractivity contribution is 0.381. The summed E-state index contributed by atoms with van der Waals surface area (Å²) in [5.74, 6) is -39.0. The van der Waals surface area contributed by atoms with Crippen LogP contribution in [0.2, 0.25) is 0 Å². The van der Waals surface area contributed by atoms with Gasteiger partial charge in [-0.15, -0.1) is 0 Å². The molecule has 0 aliphatic carbocycles. The number of halogens is 16. The quantitative estimate of drug-likeness (QED) is 0.110. The Bertz CT molecular complexity index is 1960. The largest absolute Gasteiger partial charge is 0.353 e. The molecule has 0 amide bonds. The molecule has 4 aromatic carbocycles. The highest BCUT2D eigenvalue weighted by molar-refractivity contribution is 9.10. The average molecular weight is 693 g/mol. The van der Waals surface area contributed by atoms with E-state index in [0.717, 1.165) is 0 Å². The number of aromatic amines is 1. The lowest BCUT2D eigenvalue weighted by Gasteiger charge is -2.18. The number of rotatable bonds is 3. The lowest BCUT2D eigenvalue weighted by Crippen LogP contribution is -2.07. The molecule has 1 heterocycles. The number of aromatic nitrogens is 1. The molecule has 223 valence electrons. The van der Waals surface area contributed by atoms with Crippen molar-refractivity contribution >= 4 is 26.8 Å². The Balaban J connectivity index is 2.07. The monoisotopic (exact) mass is 692 g/mol. The van der Waals surface area contributed by atoms with Crippen molar-refractivity contribution in [2.75, 3.05) is 0 Å². The summed E-state index contributed by atoms with van der Waals surface area (Å²) < 4.78 is 214. The maximum atomic E-state index is 15.1. The Morgan fingerprint density at radius 1 is 0.419 bits per heavy atom. The van der Waals surface area contributed by atoms with Gasteiger partial charge < -0.3 is 4.98 Å². The third-order valence-electron chi connectivity index (χ3n) is 6.23. The van der Waals surface area contributed by atoms with Crippen LogP contribution in [0.15, 0.2) is 10.5 Å². The highest BCUT2D eigenvalue weighted by Crippen LogP contribution is 2.49. The second-order valence-corrected chi connectivity index (χ2v) is 9.29. The third-order valence-corrected chi connectivity index (χ3v) is 7.06. The minimum absolute atomic E-state index is 0.416. The van der Waals surface area contributed by atoms with Crippen molar-refractivity contribution in [1.82, 2.24) is 4.98 Å². The van der Waals surface area contributed by atoms with Gasteiger partial charge in [0.15, 0.2) is 69.8 Å². The summed E-state index contributed by atoms with van der Waals surface area (Å²) in [6.07, 6.45) is 1.86. The number of hydrogen-bond donors (Lipinski definition) is 1. The molecule has 5 rings (SSSR count). The molecule has 17 heteroatoms. The van der Waals surface area contributed by atoms with Gasteiger partial charge in [-0.05, 0) is 22.0 Å². The molecule has 0 aliphatic heterocycles. The molecule has 0 saturated carbocycles. The predicted octanol–water partition coefficient (Wildman–Crippen LogP) is 9.82. The highest BCUT2D eigenvalue weighted by Gasteiger charge is 2.35. The van der Waals surface area contributed by atoms with Gasteiger partial charge in [-0.2, -0.15) is 0 Å². The maximum Gasteiger partial charge on any atom is 0.200 e. The van der Waals surface area contributed by atoms with E-state index in [1.165, 1.54) is 0 Å². The van der Waals surface area contributed by atoms with E-state index in [9.17, 15) is 57.1 Å². The summed E-state index contributed by atoms with van der Waals surface area (Å²) in [6.45, 7) is 0. The molecule has 0 unspecified atom stereocenters. The zero-order valence-corrected chi connectivity index (χ0v) is 21.2. The van der Waals surface area contributed by atoms with E-state index in [4.69, 9.17) is 0 Å². The van der Waals surface area contributed by atoms with E-state index >= 15 is 8.78 Å². The number of fused-ring (bicyclic) bond motifs is 1. The summed E-state index contributed by atoms with van der Waals surface area (Å²) in [7, 11) is 0. The molecule has 0 bridgehead atoms. The SMILES string of the molecule is Fc1c(F)c(F)c(-c2cc3[nH][c]c(-c4c(F)c(F)c(F)c(F)c4F)c3c(-c3c(F)c(F)c(F)c(F)c3F)c2Br)c(F)c1F. The number of benzene rings is 4. The maximum absolute atomic E-state index is 15.1. The molecule has 1 nitrogen and oxygen atoms in total. The molecule has 1 radical (unpaired) electrons. The molecular weight excluding hydrogens is 691 g/mol. The molecule has 0 saturated heterocycles. The van der Waals surface area contributed by atoms with Crippen molar-refractivity contribution in [2.24, 2.45) is 0 Å². The van der Waals surface area contributed by atoms with Crippen LogP contribution in [0, 0.1) is 93.5 Å². The van der Waals surface area contributed by atoms with Crippen LogP contribution in [0.4, 0.5) is 65.9 Å². The average Bonchev–Trinajstić information content (AvgIpc) is 3.39. The van der Waals surface area contributed by atoms with E-state index in [1.807, 2.05) is 11.2 Å². The van der Waals surface area contributed by atoms with Crippen LogP contribution in [0.1, 0.15) is 0 Å². The Hall–Kier alpha value is -4.15. The standard InChI is InChI=1S/C26H2BrF15N/c27-11-3(7-12(28)18(34)24(40)19(35)13(7)29)1-5-6(9(11)10-16(32)22(38)26(42)23(39)17(10)33)4(2-43-5)8-14(30)20(36)25(41)21(37)15(8)31/h1,43H. The zero-order chi connectivity index (χ0) is 32.0. The molecule has 0 fully saturated rings. The molecule has 0 atom stereocenters. The van der Waals surface area contributed by atoms with Crippen molar-refractivity contribution in [1.29, 1.82) is 0 Å². The summed E-state index contributed by atoms with van der Waals surface area (Å²) in [5.41, 5.74) is -10.5. The van der Waals surface area contributed by atoms with Crippen molar-refractivity contribution in [3.05, 3.63) is 104 Å². The first-order valence-electron chi connectivity index (χ1n) is 10.9. The number of nitrogens with one attached hydrogen (secondary N) is 1. The Morgan fingerprint density at radius 3 is 1.14 bits per heavy atom. The van der Waals surface area contributed by atoms with Gasteiger partial charge in [0, 0.05) is 32.1 Å². The van der Waals surface area contributed by atoms with E-state index in [2.05, 4.69) is 15.9 Å². The van der Waals surface area contributed by atoms with Crippen molar-refractivity contribution < 1.29 is 65.9 Å². The van der Waals surface area contributed by atoms with Gasteiger partial charge in [0.25, 0.3) is 0 Å². The van der Waals surface area contributed by atoms with Crippen LogP contribution in [-0.2, 0) is 0 Å². The zero-order valence-electron chi connectivity index (χ0n) is 19.6. The number of H-pyrrole nitrogens is 1. The summed E-state index contributed by atoms with van der Waals surface area (Å²) in [4.78, 5) is 1.97. The third kappa shape index (κ3) is 4.11. The topological polar surface area (TPSA) is 15.8 Å². The van der Waals surface area contributed by atoms with Gasteiger partial charge in [0.05, 0.1) is 22.9 Å². The predicted molar refractivity (Wildman–Crippen MR) is 121 cm³/mol. The van der Waals surface area contributed by atoms with Crippen molar-refractivity contribution in [3.63, 3.8) is 0 Å². The Morgan fingerprint density at radius 2 is 0.744 bits per heavy atom. The Kier molecular flexibility index (Phi) is 7.22. The molecule has 5 aromatic rings. The molecule has 43 heavy (non-hydrogen) atoms. The van der Waals surface area contributed by atoms with Crippen LogP contribution < -0.4 is 0 Å². The fourth-order valence-electron chi connectivity index (χ4n) is 4.30. The highest BCUT2D eigenvalue weighted by atomic mass is 79.9. The summed E-state index contributed by atoms with van der Waals surface area (Å²) in [6, 6.07) is 0.416. The summed E-state index contributed by atoms with van der Waals surface area (Å²) in [5, 5.41) is -1.13. The molecular formula is C26H2BrF15N. The molecule has 1 aromatic heterocycles. The van der Waals surface area contributed by atoms with Crippen molar-refractivity contribution in [2.45, 2.75) is 0 Å². The van der Waals surface area contributed by atoms with E-state index < -0.39 is 136 Å². The van der Waals surface area contributed by atoms with Gasteiger partial charge in [-0.1, -0.05) is 0 Å². The molecule has 0 aliphatic rings. The minimum atomic E-state index is -2.72.